The third-order valence-electron chi connectivity index (χ3n) is 3.94. The van der Waals surface area contributed by atoms with Crippen molar-refractivity contribution >= 4 is 11.8 Å². The van der Waals surface area contributed by atoms with Gasteiger partial charge in [-0.15, -0.1) is 0 Å². The van der Waals surface area contributed by atoms with Crippen LogP contribution in [0, 0.1) is 5.41 Å². The topological polar surface area (TPSA) is 70.7 Å². The van der Waals surface area contributed by atoms with Gasteiger partial charge in [0.2, 0.25) is 11.8 Å². The van der Waals surface area contributed by atoms with E-state index in [0.29, 0.717) is 13.1 Å². The molecule has 2 amide bonds. The molecule has 25 heavy (non-hydrogen) atoms. The summed E-state index contributed by atoms with van der Waals surface area (Å²) in [6, 6.07) is 7.89. The highest BCUT2D eigenvalue weighted by Crippen LogP contribution is 2.20. The first-order valence-corrected chi connectivity index (χ1v) is 8.50. The Morgan fingerprint density at radius 2 is 1.72 bits per heavy atom. The van der Waals surface area contributed by atoms with E-state index < -0.39 is 5.41 Å². The summed E-state index contributed by atoms with van der Waals surface area (Å²) in [5, 5.41) is 5.72. The van der Waals surface area contributed by atoms with Crippen LogP contribution in [0.3, 0.4) is 0 Å². The molecule has 0 bridgehead atoms. The molecule has 0 saturated carbocycles. The van der Waals surface area contributed by atoms with Gasteiger partial charge in [-0.3, -0.25) is 9.59 Å². The predicted molar refractivity (Wildman–Crippen MR) is 99.5 cm³/mol. The molecule has 0 spiro atoms. The molecule has 1 unspecified atom stereocenters. The highest BCUT2D eigenvalue weighted by Gasteiger charge is 2.21. The van der Waals surface area contributed by atoms with Gasteiger partial charge >= 0.3 is 0 Å². The van der Waals surface area contributed by atoms with Gasteiger partial charge in [-0.1, -0.05) is 32.9 Å². The normalized spacial score (nSPS) is 12.6. The molecule has 1 atom stereocenters. The van der Waals surface area contributed by atoms with Crippen LogP contribution in [-0.2, 0) is 9.59 Å². The smallest absolute Gasteiger partial charge is 0.225 e. The Hall–Kier alpha value is -2.08. The van der Waals surface area contributed by atoms with Gasteiger partial charge in [0.1, 0.15) is 5.75 Å². The van der Waals surface area contributed by atoms with Crippen molar-refractivity contribution in [1.82, 2.24) is 15.5 Å². The zero-order chi connectivity index (χ0) is 19.0. The molecular weight excluding hydrogens is 318 g/mol. The minimum Gasteiger partial charge on any atom is -0.497 e. The van der Waals surface area contributed by atoms with Gasteiger partial charge in [0.25, 0.3) is 0 Å². The fourth-order valence-electron chi connectivity index (χ4n) is 2.28. The lowest BCUT2D eigenvalue weighted by Crippen LogP contribution is -2.39. The van der Waals surface area contributed by atoms with E-state index in [2.05, 4.69) is 15.5 Å². The fraction of sp³-hybridized carbons (Fsp3) is 0.579. The van der Waals surface area contributed by atoms with Gasteiger partial charge in [-0.05, 0) is 31.8 Å². The Labute approximate surface area is 150 Å². The molecule has 6 heteroatoms. The third kappa shape index (κ3) is 7.13. The number of hydrogen-bond acceptors (Lipinski definition) is 4. The van der Waals surface area contributed by atoms with Crippen LogP contribution in [0.2, 0.25) is 0 Å². The Bertz CT molecular complexity index is 562. The summed E-state index contributed by atoms with van der Waals surface area (Å²) in [6.07, 6.45) is 0.268. The van der Waals surface area contributed by atoms with Gasteiger partial charge in [0.15, 0.2) is 0 Å². The molecule has 1 rings (SSSR count). The van der Waals surface area contributed by atoms with Gasteiger partial charge in [-0.2, -0.15) is 0 Å². The minimum atomic E-state index is -0.444. The molecule has 1 aromatic rings. The summed E-state index contributed by atoms with van der Waals surface area (Å²) >= 11 is 0. The fourth-order valence-corrected chi connectivity index (χ4v) is 2.28. The Morgan fingerprint density at radius 1 is 1.12 bits per heavy atom. The van der Waals surface area contributed by atoms with Crippen molar-refractivity contribution in [3.63, 3.8) is 0 Å². The molecule has 0 radical (unpaired) electrons. The summed E-state index contributed by atoms with van der Waals surface area (Å²) in [6.45, 7) is 6.39. The van der Waals surface area contributed by atoms with Crippen molar-refractivity contribution in [3.05, 3.63) is 29.8 Å². The van der Waals surface area contributed by atoms with E-state index in [-0.39, 0.29) is 24.3 Å². The lowest BCUT2D eigenvalue weighted by molar-refractivity contribution is -0.128. The van der Waals surface area contributed by atoms with E-state index in [1.807, 2.05) is 59.1 Å². The molecule has 2 N–H and O–H groups in total. The first-order valence-electron chi connectivity index (χ1n) is 8.50. The number of nitrogens with one attached hydrogen (secondary N) is 2. The maximum absolute atomic E-state index is 12.0. The van der Waals surface area contributed by atoms with Crippen LogP contribution in [0.25, 0.3) is 0 Å². The van der Waals surface area contributed by atoms with Crippen molar-refractivity contribution in [1.29, 1.82) is 0 Å². The number of carbonyl (C=O) groups excluding carboxylic acids is 2. The summed E-state index contributed by atoms with van der Waals surface area (Å²) < 4.78 is 5.18. The second kappa shape index (κ2) is 9.42. The number of ether oxygens (including phenoxy) is 1. The molecule has 0 saturated heterocycles. The number of amides is 2. The van der Waals surface area contributed by atoms with Gasteiger partial charge in [0.05, 0.1) is 13.2 Å². The molecule has 0 heterocycles. The zero-order valence-corrected chi connectivity index (χ0v) is 16.2. The first-order chi connectivity index (χ1) is 11.6. The van der Waals surface area contributed by atoms with E-state index in [0.717, 1.165) is 11.3 Å². The molecule has 0 aliphatic heterocycles. The monoisotopic (exact) mass is 349 g/mol. The summed E-state index contributed by atoms with van der Waals surface area (Å²) in [4.78, 5) is 25.9. The molecule has 6 nitrogen and oxygen atoms in total. The van der Waals surface area contributed by atoms with Crippen molar-refractivity contribution in [3.8, 4) is 5.75 Å². The van der Waals surface area contributed by atoms with Gasteiger partial charge in [0, 0.05) is 24.9 Å². The largest absolute Gasteiger partial charge is 0.497 e. The second-order valence-electron chi connectivity index (χ2n) is 7.31. The van der Waals surface area contributed by atoms with E-state index in [9.17, 15) is 9.59 Å². The second-order valence-corrected chi connectivity index (χ2v) is 7.31. The Kier molecular flexibility index (Phi) is 7.90. The average Bonchev–Trinajstić information content (AvgIpc) is 2.54. The van der Waals surface area contributed by atoms with Crippen LogP contribution in [0.5, 0.6) is 5.75 Å². The van der Waals surface area contributed by atoms with E-state index in [1.54, 1.807) is 7.11 Å². The maximum atomic E-state index is 12.0. The van der Waals surface area contributed by atoms with Crippen LogP contribution in [0.4, 0.5) is 0 Å². The Balaban J connectivity index is 2.49. The van der Waals surface area contributed by atoms with Crippen LogP contribution in [0.15, 0.2) is 24.3 Å². The molecular formula is C19H31N3O3. The van der Waals surface area contributed by atoms with E-state index in [4.69, 9.17) is 4.74 Å². The van der Waals surface area contributed by atoms with Crippen LogP contribution in [0.1, 0.15) is 38.8 Å². The minimum absolute atomic E-state index is 0.0512. The van der Waals surface area contributed by atoms with Gasteiger partial charge < -0.3 is 20.3 Å². The van der Waals surface area contributed by atoms with Crippen molar-refractivity contribution < 1.29 is 14.3 Å². The van der Waals surface area contributed by atoms with E-state index >= 15 is 0 Å². The maximum Gasteiger partial charge on any atom is 0.225 e. The number of likely N-dealkylation sites (N-methyl/N-ethyl adjacent to an activating group) is 1. The molecule has 1 aromatic carbocycles. The molecule has 0 fully saturated rings. The number of benzene rings is 1. The summed E-state index contributed by atoms with van der Waals surface area (Å²) in [5.74, 6) is 0.680. The molecule has 0 aliphatic rings. The van der Waals surface area contributed by atoms with Crippen LogP contribution >= 0.6 is 0 Å². The quantitative estimate of drug-likeness (QED) is 0.753. The first kappa shape index (κ1) is 21.0. The number of methoxy groups -OCH3 is 1. The number of nitrogens with zero attached hydrogens (tertiary/aromatic N) is 1. The highest BCUT2D eigenvalue weighted by molar-refractivity contribution is 5.82. The highest BCUT2D eigenvalue weighted by atomic mass is 16.5. The molecule has 0 aromatic heterocycles. The SMILES string of the molecule is COc1ccc(C(CNC(=O)CCNC(=O)C(C)(C)C)N(C)C)cc1. The zero-order valence-electron chi connectivity index (χ0n) is 16.2. The lowest BCUT2D eigenvalue weighted by Gasteiger charge is -2.25. The number of rotatable bonds is 8. The average molecular weight is 349 g/mol. The number of hydrogen-bond donors (Lipinski definition) is 2. The summed E-state index contributed by atoms with van der Waals surface area (Å²) in [7, 11) is 5.59. The lowest BCUT2D eigenvalue weighted by atomic mass is 9.96. The molecule has 140 valence electrons. The van der Waals surface area contributed by atoms with Crippen LogP contribution in [-0.4, -0.2) is 51.0 Å². The van der Waals surface area contributed by atoms with Crippen molar-refractivity contribution in [2.45, 2.75) is 33.2 Å². The third-order valence-corrected chi connectivity index (χ3v) is 3.94. The van der Waals surface area contributed by atoms with Crippen molar-refractivity contribution in [2.24, 2.45) is 5.41 Å². The standard InChI is InChI=1S/C19H31N3O3/c1-19(2,3)18(24)20-12-11-17(23)21-13-16(22(4)5)14-7-9-15(25-6)10-8-14/h7-10,16H,11-13H2,1-6H3,(H,20,24)(H,21,23). The van der Waals surface area contributed by atoms with Crippen molar-refractivity contribution in [2.75, 3.05) is 34.3 Å². The van der Waals surface area contributed by atoms with E-state index in [1.165, 1.54) is 0 Å². The Morgan fingerprint density at radius 3 is 2.20 bits per heavy atom. The number of carbonyl (C=O) groups is 2. The van der Waals surface area contributed by atoms with Gasteiger partial charge in [-0.25, -0.2) is 0 Å². The predicted octanol–water partition coefficient (Wildman–Crippen LogP) is 1.97. The summed E-state index contributed by atoms with van der Waals surface area (Å²) in [5.41, 5.74) is 0.660. The van der Waals surface area contributed by atoms with Crippen LogP contribution < -0.4 is 15.4 Å². The molecule has 0 aliphatic carbocycles.